The number of aromatic nitrogens is 1. The highest BCUT2D eigenvalue weighted by Gasteiger charge is 2.07. The monoisotopic (exact) mass is 344 g/mol. The van der Waals surface area contributed by atoms with Gasteiger partial charge in [-0.3, -0.25) is 0 Å². The van der Waals surface area contributed by atoms with Crippen LogP contribution in [0.3, 0.4) is 0 Å². The SMILES string of the molecule is CN(C)Cc1c[nH]c2ccc(Oc3ccc(Br)cc3)cc12. The fourth-order valence-corrected chi connectivity index (χ4v) is 2.60. The molecular formula is C17H17BrN2O. The van der Waals surface area contributed by atoms with Crippen LogP contribution in [0.15, 0.2) is 53.1 Å². The molecule has 3 nitrogen and oxygen atoms in total. The van der Waals surface area contributed by atoms with Gasteiger partial charge in [0.1, 0.15) is 11.5 Å². The first-order valence-electron chi connectivity index (χ1n) is 6.80. The van der Waals surface area contributed by atoms with Crippen LogP contribution in [0.2, 0.25) is 0 Å². The van der Waals surface area contributed by atoms with Crippen LogP contribution in [0.25, 0.3) is 10.9 Å². The fourth-order valence-electron chi connectivity index (χ4n) is 2.33. The lowest BCUT2D eigenvalue weighted by atomic mass is 10.1. The molecule has 3 aromatic rings. The maximum atomic E-state index is 5.92. The van der Waals surface area contributed by atoms with Crippen LogP contribution < -0.4 is 4.74 Å². The van der Waals surface area contributed by atoms with E-state index in [1.165, 1.54) is 10.9 Å². The third-order valence-corrected chi connectivity index (χ3v) is 3.80. The first-order valence-corrected chi connectivity index (χ1v) is 7.59. The second kappa shape index (κ2) is 5.92. The number of hydrogen-bond acceptors (Lipinski definition) is 2. The molecule has 0 bridgehead atoms. The van der Waals surface area contributed by atoms with E-state index >= 15 is 0 Å². The van der Waals surface area contributed by atoms with E-state index < -0.39 is 0 Å². The lowest BCUT2D eigenvalue weighted by molar-refractivity contribution is 0.404. The zero-order valence-corrected chi connectivity index (χ0v) is 13.6. The van der Waals surface area contributed by atoms with Crippen molar-refractivity contribution in [3.05, 3.63) is 58.7 Å². The van der Waals surface area contributed by atoms with Crippen molar-refractivity contribution >= 4 is 26.8 Å². The number of fused-ring (bicyclic) bond motifs is 1. The Labute approximate surface area is 132 Å². The van der Waals surface area contributed by atoms with E-state index in [9.17, 15) is 0 Å². The summed E-state index contributed by atoms with van der Waals surface area (Å²) >= 11 is 3.43. The number of hydrogen-bond donors (Lipinski definition) is 1. The van der Waals surface area contributed by atoms with Gasteiger partial charge in [0.05, 0.1) is 0 Å². The Hall–Kier alpha value is -1.78. The summed E-state index contributed by atoms with van der Waals surface area (Å²) in [5.41, 5.74) is 2.41. The topological polar surface area (TPSA) is 28.3 Å². The largest absolute Gasteiger partial charge is 0.457 e. The molecule has 0 atom stereocenters. The molecule has 0 saturated heterocycles. The fraction of sp³-hybridized carbons (Fsp3) is 0.176. The maximum absolute atomic E-state index is 5.92. The van der Waals surface area contributed by atoms with Gasteiger partial charge in [-0.15, -0.1) is 0 Å². The van der Waals surface area contributed by atoms with Crippen LogP contribution in [0.4, 0.5) is 0 Å². The minimum absolute atomic E-state index is 0.835. The van der Waals surface area contributed by atoms with Gasteiger partial charge in [0.2, 0.25) is 0 Å². The maximum Gasteiger partial charge on any atom is 0.128 e. The van der Waals surface area contributed by atoms with Crippen molar-refractivity contribution in [2.24, 2.45) is 0 Å². The summed E-state index contributed by atoms with van der Waals surface area (Å²) in [4.78, 5) is 5.46. The van der Waals surface area contributed by atoms with Crippen LogP contribution in [-0.4, -0.2) is 24.0 Å². The first kappa shape index (κ1) is 14.2. The number of halogens is 1. The van der Waals surface area contributed by atoms with Gasteiger partial charge < -0.3 is 14.6 Å². The summed E-state index contributed by atoms with van der Waals surface area (Å²) in [5.74, 6) is 1.69. The molecule has 4 heteroatoms. The van der Waals surface area contributed by atoms with Crippen molar-refractivity contribution in [3.63, 3.8) is 0 Å². The van der Waals surface area contributed by atoms with E-state index in [4.69, 9.17) is 4.74 Å². The Bertz CT molecular complexity index is 747. The average Bonchev–Trinajstić information content (AvgIpc) is 2.83. The molecule has 0 fully saturated rings. The van der Waals surface area contributed by atoms with Crippen LogP contribution >= 0.6 is 15.9 Å². The van der Waals surface area contributed by atoms with Gasteiger partial charge in [-0.25, -0.2) is 0 Å². The van der Waals surface area contributed by atoms with Gasteiger partial charge in [-0.1, -0.05) is 15.9 Å². The molecule has 0 aliphatic rings. The molecule has 108 valence electrons. The summed E-state index contributed by atoms with van der Waals surface area (Å²) in [6.45, 7) is 0.905. The van der Waals surface area contributed by atoms with Crippen molar-refractivity contribution in [2.45, 2.75) is 6.54 Å². The molecule has 0 saturated carbocycles. The zero-order chi connectivity index (χ0) is 14.8. The molecule has 0 spiro atoms. The minimum atomic E-state index is 0.835. The number of benzene rings is 2. The van der Waals surface area contributed by atoms with Crippen LogP contribution in [0.1, 0.15) is 5.56 Å². The number of ether oxygens (including phenoxy) is 1. The van der Waals surface area contributed by atoms with Crippen molar-refractivity contribution in [2.75, 3.05) is 14.1 Å². The van der Waals surface area contributed by atoms with Crippen molar-refractivity contribution in [1.29, 1.82) is 0 Å². The van der Waals surface area contributed by atoms with Gasteiger partial charge in [-0.2, -0.15) is 0 Å². The number of nitrogens with zero attached hydrogens (tertiary/aromatic N) is 1. The second-order valence-corrected chi connectivity index (χ2v) is 6.23. The quantitative estimate of drug-likeness (QED) is 0.737. The van der Waals surface area contributed by atoms with Crippen molar-refractivity contribution in [3.8, 4) is 11.5 Å². The Balaban J connectivity index is 1.90. The molecule has 21 heavy (non-hydrogen) atoms. The normalized spacial score (nSPS) is 11.2. The Kier molecular flexibility index (Phi) is 3.99. The van der Waals surface area contributed by atoms with Gasteiger partial charge in [0, 0.05) is 28.1 Å². The number of aromatic amines is 1. The molecule has 0 unspecified atom stereocenters. The van der Waals surface area contributed by atoms with E-state index in [1.54, 1.807) is 0 Å². The standard InChI is InChI=1S/C17H17BrN2O/c1-20(2)11-12-10-19-17-8-7-15(9-16(12)17)21-14-5-3-13(18)4-6-14/h3-10,19H,11H2,1-2H3. The predicted octanol–water partition coefficient (Wildman–Crippen LogP) is 4.78. The third kappa shape index (κ3) is 3.28. The molecule has 1 aromatic heterocycles. The number of H-pyrrole nitrogens is 1. The molecule has 1 N–H and O–H groups in total. The average molecular weight is 345 g/mol. The summed E-state index contributed by atoms with van der Waals surface area (Å²) in [7, 11) is 4.14. The zero-order valence-electron chi connectivity index (χ0n) is 12.1. The molecule has 1 heterocycles. The first-order chi connectivity index (χ1) is 10.1. The highest BCUT2D eigenvalue weighted by molar-refractivity contribution is 9.10. The smallest absolute Gasteiger partial charge is 0.128 e. The molecule has 2 aromatic carbocycles. The summed E-state index contributed by atoms with van der Waals surface area (Å²) in [6.07, 6.45) is 2.06. The molecule has 3 rings (SSSR count). The van der Waals surface area contributed by atoms with E-state index in [1.807, 2.05) is 30.3 Å². The van der Waals surface area contributed by atoms with Gasteiger partial charge in [-0.05, 0) is 62.1 Å². The summed E-state index contributed by atoms with van der Waals surface area (Å²) < 4.78 is 6.97. The van der Waals surface area contributed by atoms with Crippen molar-refractivity contribution in [1.82, 2.24) is 9.88 Å². The molecule has 0 aliphatic carbocycles. The highest BCUT2D eigenvalue weighted by Crippen LogP contribution is 2.28. The predicted molar refractivity (Wildman–Crippen MR) is 89.9 cm³/mol. The van der Waals surface area contributed by atoms with E-state index in [0.29, 0.717) is 0 Å². The van der Waals surface area contributed by atoms with Crippen LogP contribution in [0.5, 0.6) is 11.5 Å². The van der Waals surface area contributed by atoms with Crippen LogP contribution in [0, 0.1) is 0 Å². The summed E-state index contributed by atoms with van der Waals surface area (Å²) in [5, 5.41) is 1.21. The lowest BCUT2D eigenvalue weighted by Gasteiger charge is -2.09. The Morgan fingerprint density at radius 2 is 1.76 bits per heavy atom. The van der Waals surface area contributed by atoms with E-state index in [0.717, 1.165) is 28.0 Å². The van der Waals surface area contributed by atoms with Crippen LogP contribution in [-0.2, 0) is 6.54 Å². The highest BCUT2D eigenvalue weighted by atomic mass is 79.9. The van der Waals surface area contributed by atoms with Gasteiger partial charge >= 0.3 is 0 Å². The van der Waals surface area contributed by atoms with Gasteiger partial charge in [0.25, 0.3) is 0 Å². The number of nitrogens with one attached hydrogen (secondary N) is 1. The Morgan fingerprint density at radius 1 is 1.05 bits per heavy atom. The van der Waals surface area contributed by atoms with E-state index in [-0.39, 0.29) is 0 Å². The lowest BCUT2D eigenvalue weighted by Crippen LogP contribution is -2.10. The van der Waals surface area contributed by atoms with E-state index in [2.05, 4.69) is 58.2 Å². The minimum Gasteiger partial charge on any atom is -0.457 e. The number of rotatable bonds is 4. The third-order valence-electron chi connectivity index (χ3n) is 3.27. The molecule has 0 aliphatic heterocycles. The second-order valence-electron chi connectivity index (χ2n) is 5.32. The van der Waals surface area contributed by atoms with Gasteiger partial charge in [0.15, 0.2) is 0 Å². The molecular weight excluding hydrogens is 328 g/mol. The molecule has 0 amide bonds. The summed E-state index contributed by atoms with van der Waals surface area (Å²) in [6, 6.07) is 14.0. The van der Waals surface area contributed by atoms with Crippen molar-refractivity contribution < 1.29 is 4.74 Å². The Morgan fingerprint density at radius 3 is 2.48 bits per heavy atom. The molecule has 0 radical (unpaired) electrons.